The molecule has 1 fully saturated rings. The molecule has 0 unspecified atom stereocenters. The number of benzene rings is 2. The third-order valence-corrected chi connectivity index (χ3v) is 5.73. The van der Waals surface area contributed by atoms with E-state index in [2.05, 4.69) is 24.9 Å². The second-order valence-corrected chi connectivity index (χ2v) is 8.10. The maximum absolute atomic E-state index is 13.4. The van der Waals surface area contributed by atoms with Crippen molar-refractivity contribution in [2.45, 2.75) is 13.3 Å². The van der Waals surface area contributed by atoms with Gasteiger partial charge in [-0.15, -0.1) is 0 Å². The number of hydrogen-bond acceptors (Lipinski definition) is 5. The minimum atomic E-state index is -0.358. The van der Waals surface area contributed by atoms with Gasteiger partial charge in [0.2, 0.25) is 5.91 Å². The molecule has 0 N–H and O–H groups in total. The van der Waals surface area contributed by atoms with Gasteiger partial charge in [0.25, 0.3) is 0 Å². The number of amidine groups is 1. The van der Waals surface area contributed by atoms with E-state index in [1.165, 1.54) is 24.3 Å². The van der Waals surface area contributed by atoms with Crippen molar-refractivity contribution in [2.75, 3.05) is 37.6 Å². The molecular formula is C26H26F2N6O. The molecule has 0 bridgehead atoms. The normalized spacial score (nSPS) is 14.8. The maximum atomic E-state index is 13.4. The minimum absolute atomic E-state index is 0.0187. The van der Waals surface area contributed by atoms with Crippen molar-refractivity contribution in [2.24, 2.45) is 9.98 Å². The predicted octanol–water partition coefficient (Wildman–Crippen LogP) is 3.75. The molecular weight excluding hydrogens is 450 g/mol. The average Bonchev–Trinajstić information content (AvgIpc) is 2.89. The average molecular weight is 477 g/mol. The van der Waals surface area contributed by atoms with Crippen LogP contribution in [-0.4, -0.2) is 65.0 Å². The number of rotatable bonds is 6. The van der Waals surface area contributed by atoms with E-state index < -0.39 is 0 Å². The van der Waals surface area contributed by atoms with E-state index in [0.29, 0.717) is 43.3 Å². The molecule has 35 heavy (non-hydrogen) atoms. The van der Waals surface area contributed by atoms with Gasteiger partial charge in [0.05, 0.1) is 12.7 Å². The summed E-state index contributed by atoms with van der Waals surface area (Å²) < 4.78 is 26.7. The molecule has 0 aliphatic carbocycles. The Labute approximate surface area is 202 Å². The van der Waals surface area contributed by atoms with Crippen LogP contribution in [-0.2, 0) is 4.79 Å². The molecule has 3 aromatic rings. The van der Waals surface area contributed by atoms with Crippen LogP contribution in [0.1, 0.15) is 24.5 Å². The molecule has 1 aliphatic rings. The van der Waals surface area contributed by atoms with E-state index in [1.807, 2.05) is 4.90 Å². The molecule has 4 rings (SSSR count). The molecule has 180 valence electrons. The molecule has 0 saturated carbocycles. The number of hydrogen-bond donors (Lipinski definition) is 0. The van der Waals surface area contributed by atoms with Crippen molar-refractivity contribution < 1.29 is 13.6 Å². The highest BCUT2D eigenvalue weighted by Crippen LogP contribution is 2.13. The SMILES string of the molecule is CC(=NC(=NCCC(=O)N1CCN(c2cnccn2)CC1)c1ccc(F)cc1)c1ccc(F)cc1. The molecule has 0 atom stereocenters. The summed E-state index contributed by atoms with van der Waals surface area (Å²) in [5.74, 6) is 0.535. The zero-order valence-electron chi connectivity index (χ0n) is 19.4. The number of carbonyl (C=O) groups is 1. The van der Waals surface area contributed by atoms with Crippen LogP contribution < -0.4 is 4.90 Å². The summed E-state index contributed by atoms with van der Waals surface area (Å²) in [6, 6.07) is 11.9. The highest BCUT2D eigenvalue weighted by atomic mass is 19.1. The Morgan fingerprint density at radius 1 is 0.914 bits per heavy atom. The van der Waals surface area contributed by atoms with Gasteiger partial charge in [0.15, 0.2) is 5.84 Å². The third-order valence-electron chi connectivity index (χ3n) is 5.73. The number of carbonyl (C=O) groups excluding carboxylic acids is 1. The second-order valence-electron chi connectivity index (χ2n) is 8.10. The number of halogens is 2. The molecule has 2 aromatic carbocycles. The fourth-order valence-electron chi connectivity index (χ4n) is 3.76. The standard InChI is InChI=1S/C26H26F2N6O/c1-19(20-2-6-22(27)7-3-20)32-26(21-4-8-23(28)9-5-21)31-11-10-25(35)34-16-14-33(15-17-34)24-18-29-12-13-30-24/h2-9,12-13,18H,10-11,14-17H2,1H3. The Morgan fingerprint density at radius 2 is 1.54 bits per heavy atom. The molecule has 1 saturated heterocycles. The van der Waals surface area contributed by atoms with Gasteiger partial charge < -0.3 is 9.80 Å². The summed E-state index contributed by atoms with van der Waals surface area (Å²) in [6.45, 7) is 4.63. The summed E-state index contributed by atoms with van der Waals surface area (Å²) in [5, 5.41) is 0. The number of amides is 1. The van der Waals surface area contributed by atoms with Crippen LogP contribution in [0.15, 0.2) is 77.1 Å². The lowest BCUT2D eigenvalue weighted by atomic mass is 10.1. The van der Waals surface area contributed by atoms with Crippen LogP contribution in [0.25, 0.3) is 0 Å². The number of piperazine rings is 1. The maximum Gasteiger partial charge on any atom is 0.224 e. The van der Waals surface area contributed by atoms with Crippen molar-refractivity contribution in [1.82, 2.24) is 14.9 Å². The third kappa shape index (κ3) is 6.53. The highest BCUT2D eigenvalue weighted by Gasteiger charge is 2.21. The van der Waals surface area contributed by atoms with Gasteiger partial charge in [-0.1, -0.05) is 12.1 Å². The van der Waals surface area contributed by atoms with Crippen LogP contribution in [0.4, 0.5) is 14.6 Å². The van der Waals surface area contributed by atoms with Gasteiger partial charge in [0.1, 0.15) is 17.5 Å². The lowest BCUT2D eigenvalue weighted by Gasteiger charge is -2.35. The van der Waals surface area contributed by atoms with Crippen molar-refractivity contribution >= 4 is 23.3 Å². The second kappa shape index (κ2) is 11.4. The number of nitrogens with zero attached hydrogens (tertiary/aromatic N) is 6. The zero-order valence-corrected chi connectivity index (χ0v) is 19.4. The number of anilines is 1. The van der Waals surface area contributed by atoms with Crippen molar-refractivity contribution in [1.29, 1.82) is 0 Å². The fraction of sp³-hybridized carbons (Fsp3) is 0.269. The monoisotopic (exact) mass is 476 g/mol. The van der Waals surface area contributed by atoms with Gasteiger partial charge in [-0.25, -0.2) is 18.8 Å². The Hall–Kier alpha value is -4.01. The summed E-state index contributed by atoms with van der Waals surface area (Å²) in [5.41, 5.74) is 2.02. The van der Waals surface area contributed by atoms with E-state index in [1.54, 1.807) is 49.8 Å². The summed E-state index contributed by atoms with van der Waals surface area (Å²) in [6.07, 6.45) is 5.25. The van der Waals surface area contributed by atoms with Crippen molar-refractivity contribution in [3.63, 3.8) is 0 Å². The van der Waals surface area contributed by atoms with Crippen LogP contribution in [0.2, 0.25) is 0 Å². The Kier molecular flexibility index (Phi) is 7.87. The van der Waals surface area contributed by atoms with E-state index in [9.17, 15) is 13.6 Å². The lowest BCUT2D eigenvalue weighted by Crippen LogP contribution is -2.49. The fourth-order valence-corrected chi connectivity index (χ4v) is 3.76. The lowest BCUT2D eigenvalue weighted by molar-refractivity contribution is -0.131. The van der Waals surface area contributed by atoms with E-state index in [-0.39, 0.29) is 30.5 Å². The number of aromatic nitrogens is 2. The molecule has 9 heteroatoms. The molecule has 1 aliphatic heterocycles. The van der Waals surface area contributed by atoms with E-state index in [0.717, 1.165) is 11.4 Å². The van der Waals surface area contributed by atoms with Crippen LogP contribution in [0.3, 0.4) is 0 Å². The summed E-state index contributed by atoms with van der Waals surface area (Å²) in [7, 11) is 0. The van der Waals surface area contributed by atoms with Gasteiger partial charge in [-0.05, 0) is 48.9 Å². The Bertz CT molecular complexity index is 1190. The van der Waals surface area contributed by atoms with E-state index >= 15 is 0 Å². The summed E-state index contributed by atoms with van der Waals surface area (Å²) >= 11 is 0. The van der Waals surface area contributed by atoms with E-state index in [4.69, 9.17) is 0 Å². The quantitative estimate of drug-likeness (QED) is 0.401. The van der Waals surface area contributed by atoms with Crippen LogP contribution in [0.5, 0.6) is 0 Å². The highest BCUT2D eigenvalue weighted by molar-refractivity contribution is 6.11. The van der Waals surface area contributed by atoms with Crippen molar-refractivity contribution in [3.05, 3.63) is 89.9 Å². The van der Waals surface area contributed by atoms with Gasteiger partial charge >= 0.3 is 0 Å². The summed E-state index contributed by atoms with van der Waals surface area (Å²) in [4.78, 5) is 34.3. The van der Waals surface area contributed by atoms with Crippen LogP contribution >= 0.6 is 0 Å². The van der Waals surface area contributed by atoms with Crippen LogP contribution in [0, 0.1) is 11.6 Å². The minimum Gasteiger partial charge on any atom is -0.352 e. The van der Waals surface area contributed by atoms with Crippen molar-refractivity contribution in [3.8, 4) is 0 Å². The van der Waals surface area contributed by atoms with Gasteiger partial charge in [0, 0.05) is 56.3 Å². The molecule has 0 spiro atoms. The smallest absolute Gasteiger partial charge is 0.224 e. The molecule has 0 radical (unpaired) electrons. The predicted molar refractivity (Wildman–Crippen MR) is 132 cm³/mol. The first-order valence-electron chi connectivity index (χ1n) is 11.4. The Balaban J connectivity index is 1.41. The molecule has 1 aromatic heterocycles. The largest absolute Gasteiger partial charge is 0.352 e. The first-order chi connectivity index (χ1) is 17.0. The first-order valence-corrected chi connectivity index (χ1v) is 11.4. The number of aliphatic imine (C=N–C) groups is 2. The Morgan fingerprint density at radius 3 is 2.14 bits per heavy atom. The topological polar surface area (TPSA) is 74.1 Å². The van der Waals surface area contributed by atoms with Gasteiger partial charge in [-0.3, -0.25) is 14.8 Å². The first kappa shape index (κ1) is 24.1. The molecule has 1 amide bonds. The van der Waals surface area contributed by atoms with Gasteiger partial charge in [-0.2, -0.15) is 0 Å². The molecule has 2 heterocycles. The molecule has 7 nitrogen and oxygen atoms in total. The zero-order chi connectivity index (χ0) is 24.6.